The van der Waals surface area contributed by atoms with Crippen LogP contribution in [-0.4, -0.2) is 63.5 Å². The van der Waals surface area contributed by atoms with Gasteiger partial charge in [-0.25, -0.2) is 0 Å². The lowest BCUT2D eigenvalue weighted by Crippen LogP contribution is -2.52. The summed E-state index contributed by atoms with van der Waals surface area (Å²) in [7, 11) is 3.24. The number of nitrogens with zero attached hydrogens (tertiary/aromatic N) is 3. The van der Waals surface area contributed by atoms with E-state index in [0.29, 0.717) is 61.1 Å². The lowest BCUT2D eigenvalue weighted by molar-refractivity contribution is -0.130. The van der Waals surface area contributed by atoms with Crippen LogP contribution in [-0.2, 0) is 9.59 Å². The predicted molar refractivity (Wildman–Crippen MR) is 175 cm³/mol. The van der Waals surface area contributed by atoms with Gasteiger partial charge in [0.15, 0.2) is 5.78 Å². The van der Waals surface area contributed by atoms with Crippen molar-refractivity contribution in [1.82, 2.24) is 4.90 Å². The van der Waals surface area contributed by atoms with Crippen molar-refractivity contribution < 1.29 is 19.1 Å². The third kappa shape index (κ3) is 5.83. The molecule has 3 aromatic rings. The molecule has 1 aliphatic carbocycles. The molecule has 0 bridgehead atoms. The Bertz CT molecular complexity index is 1610. The minimum atomic E-state index is -0.540. The van der Waals surface area contributed by atoms with Gasteiger partial charge in [-0.05, 0) is 54.3 Å². The van der Waals surface area contributed by atoms with Gasteiger partial charge in [-0.15, -0.1) is 0 Å². The number of piperazine rings is 1. The van der Waals surface area contributed by atoms with Crippen molar-refractivity contribution in [3.05, 3.63) is 88.6 Å². The zero-order chi connectivity index (χ0) is 31.0. The zero-order valence-corrected chi connectivity index (χ0v) is 26.5. The second-order valence-corrected chi connectivity index (χ2v) is 12.9. The molecule has 1 atom stereocenters. The molecule has 44 heavy (non-hydrogen) atoms. The Balaban J connectivity index is 1.39. The summed E-state index contributed by atoms with van der Waals surface area (Å²) in [6.07, 6.45) is 1.14. The number of methoxy groups -OCH3 is 2. The molecule has 0 radical (unpaired) electrons. The Morgan fingerprint density at radius 1 is 0.955 bits per heavy atom. The highest BCUT2D eigenvalue weighted by Crippen LogP contribution is 2.50. The van der Waals surface area contributed by atoms with E-state index < -0.39 is 6.04 Å². The Hall–Kier alpha value is -4.17. The van der Waals surface area contributed by atoms with Gasteiger partial charge in [-0.1, -0.05) is 43.6 Å². The molecule has 1 N–H and O–H groups in total. The fourth-order valence-electron chi connectivity index (χ4n) is 6.73. The number of fused-ring (bicyclic) bond motifs is 1. The molecule has 1 saturated heterocycles. The molecule has 0 spiro atoms. The van der Waals surface area contributed by atoms with Gasteiger partial charge in [0.2, 0.25) is 5.91 Å². The van der Waals surface area contributed by atoms with E-state index >= 15 is 0 Å². The average molecular weight is 615 g/mol. The number of allylic oxidation sites excluding steroid dienone is 1. The Kier molecular flexibility index (Phi) is 8.20. The number of Topliss-reactive ketones (excluding diaryl/α,β-unsaturated/α-hetero) is 1. The van der Waals surface area contributed by atoms with Crippen molar-refractivity contribution in [2.75, 3.05) is 62.1 Å². The van der Waals surface area contributed by atoms with E-state index in [1.165, 1.54) is 0 Å². The van der Waals surface area contributed by atoms with E-state index in [2.05, 4.69) is 29.0 Å². The molecular formula is C35H39ClN4O4. The summed E-state index contributed by atoms with van der Waals surface area (Å²) >= 11 is 6.24. The van der Waals surface area contributed by atoms with Crippen LogP contribution < -0.4 is 24.6 Å². The van der Waals surface area contributed by atoms with Crippen LogP contribution in [0.1, 0.15) is 38.3 Å². The molecule has 3 aromatic carbocycles. The van der Waals surface area contributed by atoms with Gasteiger partial charge in [0.1, 0.15) is 11.5 Å². The molecule has 8 nitrogen and oxygen atoms in total. The van der Waals surface area contributed by atoms with E-state index in [0.717, 1.165) is 28.3 Å². The van der Waals surface area contributed by atoms with Crippen molar-refractivity contribution in [1.29, 1.82) is 0 Å². The van der Waals surface area contributed by atoms with Crippen molar-refractivity contribution in [2.45, 2.75) is 32.7 Å². The van der Waals surface area contributed by atoms with Crippen molar-refractivity contribution in [3.63, 3.8) is 0 Å². The monoisotopic (exact) mass is 614 g/mol. The van der Waals surface area contributed by atoms with Crippen LogP contribution in [0.25, 0.3) is 0 Å². The standard InChI is InChI=1S/C35H39ClN4O4/c1-35(2)20-28-33(30(41)21-35)34(26-13-12-25(43-3)19-31(26)44-4)40(29-11-6-5-10-27(29)37-28)22-32(42)39-16-14-38(15-17-39)24-9-7-8-23(36)18-24/h5-13,18-19,34,37H,14-17,20-22H2,1-4H3. The maximum absolute atomic E-state index is 14.1. The molecular weight excluding hydrogens is 576 g/mol. The van der Waals surface area contributed by atoms with Gasteiger partial charge in [-0.2, -0.15) is 0 Å². The molecule has 1 amide bonds. The molecule has 1 unspecified atom stereocenters. The maximum Gasteiger partial charge on any atom is 0.242 e. The summed E-state index contributed by atoms with van der Waals surface area (Å²) in [6.45, 7) is 6.96. The first kappa shape index (κ1) is 29.9. The number of ketones is 1. The van der Waals surface area contributed by atoms with Gasteiger partial charge in [-0.3, -0.25) is 9.59 Å². The summed E-state index contributed by atoms with van der Waals surface area (Å²) in [6, 6.07) is 20.9. The number of carbonyl (C=O) groups excluding carboxylic acids is 2. The number of hydrogen-bond donors (Lipinski definition) is 1. The molecule has 6 rings (SSSR count). The highest BCUT2D eigenvalue weighted by Gasteiger charge is 2.43. The summed E-state index contributed by atoms with van der Waals surface area (Å²) in [5, 5.41) is 4.33. The fourth-order valence-corrected chi connectivity index (χ4v) is 6.91. The average Bonchev–Trinajstić information content (AvgIpc) is 3.14. The van der Waals surface area contributed by atoms with Gasteiger partial charge in [0.25, 0.3) is 0 Å². The van der Waals surface area contributed by atoms with Crippen molar-refractivity contribution in [2.24, 2.45) is 5.41 Å². The fraction of sp³-hybridized carbons (Fsp3) is 0.371. The molecule has 2 aliphatic heterocycles. The molecule has 0 saturated carbocycles. The van der Waals surface area contributed by atoms with E-state index in [1.54, 1.807) is 14.2 Å². The largest absolute Gasteiger partial charge is 0.497 e. The number of amides is 1. The predicted octanol–water partition coefficient (Wildman–Crippen LogP) is 6.32. The Morgan fingerprint density at radius 2 is 1.73 bits per heavy atom. The van der Waals surface area contributed by atoms with Crippen LogP contribution in [0.4, 0.5) is 17.1 Å². The normalized spacial score (nSPS) is 19.5. The quantitative estimate of drug-likeness (QED) is 0.348. The topological polar surface area (TPSA) is 74.4 Å². The molecule has 230 valence electrons. The van der Waals surface area contributed by atoms with Crippen LogP contribution in [0.15, 0.2) is 78.0 Å². The third-order valence-corrected chi connectivity index (χ3v) is 9.09. The first-order valence-electron chi connectivity index (χ1n) is 15.1. The Labute approximate surface area is 264 Å². The number of para-hydroxylation sites is 2. The molecule has 2 heterocycles. The van der Waals surface area contributed by atoms with E-state index in [-0.39, 0.29) is 23.7 Å². The number of anilines is 3. The van der Waals surface area contributed by atoms with E-state index in [4.69, 9.17) is 21.1 Å². The minimum absolute atomic E-state index is 0.00987. The number of halogens is 1. The first-order valence-corrected chi connectivity index (χ1v) is 15.4. The van der Waals surface area contributed by atoms with Gasteiger partial charge < -0.3 is 29.5 Å². The lowest BCUT2D eigenvalue weighted by atomic mass is 9.73. The Morgan fingerprint density at radius 3 is 2.45 bits per heavy atom. The number of rotatable bonds is 6. The first-order chi connectivity index (χ1) is 21.2. The van der Waals surface area contributed by atoms with Crippen LogP contribution >= 0.6 is 11.6 Å². The summed E-state index contributed by atoms with van der Waals surface area (Å²) < 4.78 is 11.4. The number of hydrogen-bond acceptors (Lipinski definition) is 7. The van der Waals surface area contributed by atoms with Gasteiger partial charge in [0, 0.05) is 66.2 Å². The van der Waals surface area contributed by atoms with E-state index in [9.17, 15) is 9.59 Å². The van der Waals surface area contributed by atoms with Crippen LogP contribution in [0.5, 0.6) is 11.5 Å². The second kappa shape index (κ2) is 12.1. The third-order valence-electron chi connectivity index (χ3n) is 8.85. The molecule has 0 aromatic heterocycles. The molecule has 3 aliphatic rings. The van der Waals surface area contributed by atoms with Crippen LogP contribution in [0.3, 0.4) is 0 Å². The van der Waals surface area contributed by atoms with Crippen molar-refractivity contribution >= 4 is 40.4 Å². The summed E-state index contributed by atoms with van der Waals surface area (Å²) in [4.78, 5) is 34.5. The number of nitrogens with one attached hydrogen (secondary N) is 1. The van der Waals surface area contributed by atoms with Gasteiger partial charge in [0.05, 0.1) is 38.2 Å². The second-order valence-electron chi connectivity index (χ2n) is 12.5. The van der Waals surface area contributed by atoms with E-state index in [1.807, 2.05) is 71.6 Å². The zero-order valence-electron chi connectivity index (χ0n) is 25.7. The van der Waals surface area contributed by atoms with Gasteiger partial charge >= 0.3 is 0 Å². The SMILES string of the molecule is COc1ccc(C2C3=C(CC(C)(C)CC3=O)Nc3ccccc3N2CC(=O)N2CCN(c3cccc(Cl)c3)CC2)c(OC)c1. The van der Waals surface area contributed by atoms with Crippen LogP contribution in [0.2, 0.25) is 5.02 Å². The lowest BCUT2D eigenvalue weighted by Gasteiger charge is -2.40. The van der Waals surface area contributed by atoms with Crippen molar-refractivity contribution in [3.8, 4) is 11.5 Å². The highest BCUT2D eigenvalue weighted by atomic mass is 35.5. The molecule has 1 fully saturated rings. The summed E-state index contributed by atoms with van der Waals surface area (Å²) in [5.74, 6) is 1.34. The molecule has 9 heteroatoms. The minimum Gasteiger partial charge on any atom is -0.497 e. The maximum atomic E-state index is 14.1. The highest BCUT2D eigenvalue weighted by molar-refractivity contribution is 6.30. The smallest absolute Gasteiger partial charge is 0.242 e. The number of carbonyl (C=O) groups is 2. The van der Waals surface area contributed by atoms with Crippen LogP contribution in [0, 0.1) is 5.41 Å². The summed E-state index contributed by atoms with van der Waals surface area (Å²) in [5.41, 5.74) is 4.99. The number of benzene rings is 3. The number of ether oxygens (including phenoxy) is 2.